The van der Waals surface area contributed by atoms with Crippen molar-refractivity contribution in [1.82, 2.24) is 19.4 Å². The number of nitrogens with zero attached hydrogens (tertiary/aromatic N) is 5. The lowest BCUT2D eigenvalue weighted by atomic mass is 9.76. The van der Waals surface area contributed by atoms with Crippen LogP contribution < -0.4 is 19.1 Å². The number of ether oxygens (including phenoxy) is 3. The van der Waals surface area contributed by atoms with Gasteiger partial charge in [-0.3, -0.25) is 4.79 Å². The number of rotatable bonds is 11. The summed E-state index contributed by atoms with van der Waals surface area (Å²) in [5.74, 6) is 0.233. The molecule has 9 nitrogen and oxygen atoms in total. The lowest BCUT2D eigenvalue weighted by Gasteiger charge is -2.33. The second-order valence-electron chi connectivity index (χ2n) is 12.8. The van der Waals surface area contributed by atoms with Gasteiger partial charge in [-0.1, -0.05) is 30.4 Å². The minimum absolute atomic E-state index is 0.185. The summed E-state index contributed by atoms with van der Waals surface area (Å²) in [6, 6.07) is 15.7. The first-order valence-electron chi connectivity index (χ1n) is 16.9. The molecule has 1 amide bonds. The van der Waals surface area contributed by atoms with Gasteiger partial charge in [0.2, 0.25) is 11.7 Å². The van der Waals surface area contributed by atoms with Gasteiger partial charge in [-0.25, -0.2) is 13.8 Å². The van der Waals surface area contributed by atoms with Gasteiger partial charge >= 0.3 is 0 Å². The van der Waals surface area contributed by atoms with E-state index >= 15 is 0 Å². The van der Waals surface area contributed by atoms with Crippen molar-refractivity contribution in [3.8, 4) is 17.2 Å². The molecule has 2 saturated heterocycles. The minimum atomic E-state index is -0.879. The number of anilines is 1. The van der Waals surface area contributed by atoms with Crippen LogP contribution in [0.25, 0.3) is 11.0 Å². The maximum atomic E-state index is 14.7. The summed E-state index contributed by atoms with van der Waals surface area (Å²) < 4.78 is 47.5. The van der Waals surface area contributed by atoms with E-state index in [0.717, 1.165) is 62.7 Å². The first-order valence-corrected chi connectivity index (χ1v) is 16.9. The molecule has 1 aromatic heterocycles. The molecule has 260 valence electrons. The molecule has 2 aliphatic rings. The molecule has 2 fully saturated rings. The average molecular weight is 674 g/mol. The van der Waals surface area contributed by atoms with Gasteiger partial charge in [-0.15, -0.1) is 0 Å². The fourth-order valence-corrected chi connectivity index (χ4v) is 7.30. The second kappa shape index (κ2) is 14.9. The van der Waals surface area contributed by atoms with Crippen LogP contribution >= 0.6 is 0 Å². The average Bonchev–Trinajstić information content (AvgIpc) is 3.64. The Kier molecular flexibility index (Phi) is 10.4. The quantitative estimate of drug-likeness (QED) is 0.173. The summed E-state index contributed by atoms with van der Waals surface area (Å²) >= 11 is 0. The number of fused-ring (bicyclic) bond motifs is 1. The molecule has 0 radical (unpaired) electrons. The van der Waals surface area contributed by atoms with Crippen LogP contribution in [-0.2, 0) is 12.0 Å². The van der Waals surface area contributed by atoms with E-state index in [1.54, 1.807) is 23.1 Å². The molecule has 2 aliphatic heterocycles. The highest BCUT2D eigenvalue weighted by Crippen LogP contribution is 2.42. The highest BCUT2D eigenvalue weighted by Gasteiger charge is 2.42. The SMILES string of the molecule is CC=CCn1c(N2CCCN(CCC3(c4ccc(F)c(F)c4)CCN(C(=O)c4cc(OC)c(OC)c(OC)c4)C3)CC2)nc2ccccc21. The predicted octanol–water partition coefficient (Wildman–Crippen LogP) is 6.30. The second-order valence-corrected chi connectivity index (χ2v) is 12.8. The maximum absolute atomic E-state index is 14.7. The zero-order chi connectivity index (χ0) is 34.5. The van der Waals surface area contributed by atoms with Crippen LogP contribution in [0.4, 0.5) is 14.7 Å². The number of methoxy groups -OCH3 is 3. The van der Waals surface area contributed by atoms with Gasteiger partial charge in [0.15, 0.2) is 23.1 Å². The Morgan fingerprint density at radius 2 is 1.69 bits per heavy atom. The van der Waals surface area contributed by atoms with Crippen molar-refractivity contribution < 1.29 is 27.8 Å². The lowest BCUT2D eigenvalue weighted by molar-refractivity contribution is 0.0780. The van der Waals surface area contributed by atoms with Crippen molar-refractivity contribution >= 4 is 22.9 Å². The molecule has 1 unspecified atom stereocenters. The third kappa shape index (κ3) is 6.94. The summed E-state index contributed by atoms with van der Waals surface area (Å²) in [6.07, 6.45) is 6.50. The molecule has 1 atom stereocenters. The number of allylic oxidation sites excluding steroid dienone is 2. The van der Waals surface area contributed by atoms with Gasteiger partial charge in [-0.2, -0.15) is 0 Å². The molecule has 0 spiro atoms. The normalized spacial score (nSPS) is 18.7. The highest BCUT2D eigenvalue weighted by atomic mass is 19.2. The van der Waals surface area contributed by atoms with Crippen molar-refractivity contribution in [3.05, 3.63) is 89.5 Å². The number of halogens is 2. The Bertz CT molecular complexity index is 1800. The first-order chi connectivity index (χ1) is 23.8. The predicted molar refractivity (Wildman–Crippen MR) is 187 cm³/mol. The highest BCUT2D eigenvalue weighted by molar-refractivity contribution is 5.96. The molecule has 0 saturated carbocycles. The van der Waals surface area contributed by atoms with Crippen molar-refractivity contribution in [3.63, 3.8) is 0 Å². The van der Waals surface area contributed by atoms with Crippen molar-refractivity contribution in [2.24, 2.45) is 0 Å². The van der Waals surface area contributed by atoms with Crippen LogP contribution in [0, 0.1) is 11.6 Å². The van der Waals surface area contributed by atoms with Crippen LogP contribution in [0.5, 0.6) is 17.2 Å². The molecule has 0 N–H and O–H groups in total. The summed E-state index contributed by atoms with van der Waals surface area (Å²) in [4.78, 5) is 25.6. The van der Waals surface area contributed by atoms with Gasteiger partial charge in [0.1, 0.15) is 0 Å². The Hall–Kier alpha value is -4.64. The van der Waals surface area contributed by atoms with E-state index in [-0.39, 0.29) is 5.91 Å². The first kappa shape index (κ1) is 34.2. The summed E-state index contributed by atoms with van der Waals surface area (Å²) in [6.45, 7) is 7.87. The summed E-state index contributed by atoms with van der Waals surface area (Å²) in [5, 5.41) is 0. The molecular formula is C38H45F2N5O4. The zero-order valence-electron chi connectivity index (χ0n) is 28.8. The topological polar surface area (TPSA) is 72.3 Å². The van der Waals surface area contributed by atoms with Gasteiger partial charge in [0.25, 0.3) is 5.91 Å². The van der Waals surface area contributed by atoms with Gasteiger partial charge in [0, 0.05) is 50.2 Å². The molecule has 6 rings (SSSR count). The Morgan fingerprint density at radius 3 is 2.41 bits per heavy atom. The van der Waals surface area contributed by atoms with Gasteiger partial charge in [-0.05, 0) is 81.2 Å². The Labute approximate surface area is 286 Å². The van der Waals surface area contributed by atoms with Crippen LogP contribution in [0.2, 0.25) is 0 Å². The Morgan fingerprint density at radius 1 is 0.918 bits per heavy atom. The fourth-order valence-electron chi connectivity index (χ4n) is 7.30. The van der Waals surface area contributed by atoms with E-state index in [2.05, 4.69) is 44.7 Å². The molecular weight excluding hydrogens is 628 g/mol. The number of likely N-dealkylation sites (tertiary alicyclic amines) is 1. The number of carbonyl (C=O) groups is 1. The van der Waals surface area contributed by atoms with Crippen molar-refractivity contribution in [1.29, 1.82) is 0 Å². The zero-order valence-corrected chi connectivity index (χ0v) is 28.8. The number of para-hydroxylation sites is 2. The number of hydrogen-bond donors (Lipinski definition) is 0. The smallest absolute Gasteiger partial charge is 0.254 e. The molecule has 49 heavy (non-hydrogen) atoms. The van der Waals surface area contributed by atoms with E-state index in [0.29, 0.717) is 54.3 Å². The molecule has 3 heterocycles. The van der Waals surface area contributed by atoms with Crippen LogP contribution in [0.15, 0.2) is 66.7 Å². The number of carbonyl (C=O) groups excluding carboxylic acids is 1. The van der Waals surface area contributed by atoms with E-state index < -0.39 is 17.0 Å². The van der Waals surface area contributed by atoms with Gasteiger partial charge in [0.05, 0.1) is 32.4 Å². The molecule has 0 bridgehead atoms. The molecule has 11 heteroatoms. The number of imidazole rings is 1. The Balaban J connectivity index is 1.20. The van der Waals surface area contributed by atoms with Crippen LogP contribution in [0.1, 0.15) is 42.1 Å². The number of amides is 1. The minimum Gasteiger partial charge on any atom is -0.493 e. The van der Waals surface area contributed by atoms with Crippen molar-refractivity contribution in [2.45, 2.75) is 38.1 Å². The largest absolute Gasteiger partial charge is 0.493 e. The number of aromatic nitrogens is 2. The standard InChI is InChI=1S/C38H45F2N5O4/c1-5-6-18-45-32-11-8-7-10-31(32)41-37(45)43-17-9-16-42(21-22-43)19-14-38(28-12-13-29(39)30(40)25-28)15-20-44(26-38)36(46)27-23-33(47-2)35(49-4)34(24-27)48-3/h5-8,10-13,23-25H,9,14-22,26H2,1-4H3. The monoisotopic (exact) mass is 673 g/mol. The molecule has 0 aliphatic carbocycles. The van der Waals surface area contributed by atoms with Crippen LogP contribution in [-0.4, -0.2) is 92.4 Å². The third-order valence-electron chi connectivity index (χ3n) is 10.0. The van der Waals surface area contributed by atoms with Gasteiger partial charge < -0.3 is 33.5 Å². The molecule has 3 aromatic carbocycles. The summed E-state index contributed by atoms with van der Waals surface area (Å²) in [5.41, 5.74) is 2.68. The third-order valence-corrected chi connectivity index (χ3v) is 10.0. The fraction of sp³-hybridized carbons (Fsp3) is 0.421. The number of benzene rings is 3. The molecule has 4 aromatic rings. The van der Waals surface area contributed by atoms with E-state index in [9.17, 15) is 13.6 Å². The lowest BCUT2D eigenvalue weighted by Crippen LogP contribution is -2.39. The van der Waals surface area contributed by atoms with E-state index in [1.807, 2.05) is 13.0 Å². The van der Waals surface area contributed by atoms with Crippen molar-refractivity contribution in [2.75, 3.05) is 72.0 Å². The maximum Gasteiger partial charge on any atom is 0.254 e. The van der Waals surface area contributed by atoms with E-state index in [1.165, 1.54) is 33.5 Å². The number of hydrogen-bond acceptors (Lipinski definition) is 7. The summed E-state index contributed by atoms with van der Waals surface area (Å²) in [7, 11) is 4.54. The van der Waals surface area contributed by atoms with Crippen LogP contribution in [0.3, 0.4) is 0 Å². The van der Waals surface area contributed by atoms with E-state index in [4.69, 9.17) is 19.2 Å².